The number of rotatable bonds is 5. The van der Waals surface area contributed by atoms with Gasteiger partial charge in [0.05, 0.1) is 16.3 Å². The van der Waals surface area contributed by atoms with Crippen LogP contribution < -0.4 is 10.0 Å². The van der Waals surface area contributed by atoms with E-state index in [1.54, 1.807) is 36.4 Å². The molecule has 0 bridgehead atoms. The molecule has 0 aromatic heterocycles. The summed E-state index contributed by atoms with van der Waals surface area (Å²) in [6.07, 6.45) is 0. The number of hydrogen-bond donors (Lipinski definition) is 2. The van der Waals surface area contributed by atoms with Crippen LogP contribution in [0.1, 0.15) is 10.4 Å². The zero-order chi connectivity index (χ0) is 21.1. The molecular weight excluding hydrogens is 403 g/mol. The fraction of sp³-hybridized carbons (Fsp3) is 0. The van der Waals surface area contributed by atoms with Crippen molar-refractivity contribution in [2.45, 2.75) is 4.90 Å². The van der Waals surface area contributed by atoms with Crippen molar-refractivity contribution >= 4 is 38.1 Å². The van der Waals surface area contributed by atoms with Crippen molar-refractivity contribution in [3.63, 3.8) is 0 Å². The van der Waals surface area contributed by atoms with E-state index in [1.165, 1.54) is 12.1 Å². The van der Waals surface area contributed by atoms with Crippen LogP contribution in [-0.4, -0.2) is 14.3 Å². The summed E-state index contributed by atoms with van der Waals surface area (Å²) in [6.45, 7) is 0. The van der Waals surface area contributed by atoms with Crippen LogP contribution in [0, 0.1) is 5.82 Å². The number of fused-ring (bicyclic) bond motifs is 1. The highest BCUT2D eigenvalue weighted by atomic mass is 32.2. The van der Waals surface area contributed by atoms with Crippen LogP contribution in [0.25, 0.3) is 10.8 Å². The fourth-order valence-electron chi connectivity index (χ4n) is 3.11. The fourth-order valence-corrected chi connectivity index (χ4v) is 4.19. The third-order valence-electron chi connectivity index (χ3n) is 4.58. The van der Waals surface area contributed by atoms with E-state index in [-0.39, 0.29) is 16.5 Å². The molecule has 5 nitrogen and oxygen atoms in total. The lowest BCUT2D eigenvalue weighted by Crippen LogP contribution is -2.17. The quantitative estimate of drug-likeness (QED) is 0.475. The smallest absolute Gasteiger partial charge is 0.261 e. The second-order valence-electron chi connectivity index (χ2n) is 6.59. The summed E-state index contributed by atoms with van der Waals surface area (Å²) in [7, 11) is -3.96. The summed E-state index contributed by atoms with van der Waals surface area (Å²) in [5.74, 6) is -0.892. The van der Waals surface area contributed by atoms with Crippen LogP contribution in [0.3, 0.4) is 0 Å². The topological polar surface area (TPSA) is 75.3 Å². The maximum Gasteiger partial charge on any atom is 0.261 e. The van der Waals surface area contributed by atoms with Gasteiger partial charge in [0.15, 0.2) is 0 Å². The molecule has 0 fully saturated rings. The van der Waals surface area contributed by atoms with Gasteiger partial charge in [0.2, 0.25) is 0 Å². The molecule has 1 amide bonds. The Hall–Kier alpha value is -3.71. The van der Waals surface area contributed by atoms with Crippen LogP contribution >= 0.6 is 0 Å². The van der Waals surface area contributed by atoms with Crippen molar-refractivity contribution < 1.29 is 17.6 Å². The first-order chi connectivity index (χ1) is 14.4. The van der Waals surface area contributed by atoms with Gasteiger partial charge < -0.3 is 5.32 Å². The van der Waals surface area contributed by atoms with Crippen molar-refractivity contribution in [3.8, 4) is 0 Å². The Morgan fingerprint density at radius 3 is 2.13 bits per heavy atom. The summed E-state index contributed by atoms with van der Waals surface area (Å²) in [4.78, 5) is 12.8. The molecule has 0 aliphatic heterocycles. The van der Waals surface area contributed by atoms with E-state index >= 15 is 0 Å². The standard InChI is InChI=1S/C23H17FN2O3S/c24-17-12-14-18(15-13-17)30(28,29)26-22-11-4-3-10-21(22)25-23(27)20-9-5-7-16-6-1-2-8-19(16)20/h1-15,26H,(H,25,27). The minimum atomic E-state index is -3.96. The molecule has 0 unspecified atom stereocenters. The van der Waals surface area contributed by atoms with Gasteiger partial charge in [-0.15, -0.1) is 0 Å². The second-order valence-corrected chi connectivity index (χ2v) is 8.27. The molecule has 4 rings (SSSR count). The number of hydrogen-bond acceptors (Lipinski definition) is 3. The Morgan fingerprint density at radius 1 is 0.733 bits per heavy atom. The molecule has 0 atom stereocenters. The molecule has 0 saturated carbocycles. The van der Waals surface area contributed by atoms with E-state index < -0.39 is 15.8 Å². The number of benzene rings is 4. The van der Waals surface area contributed by atoms with Gasteiger partial charge in [0.25, 0.3) is 15.9 Å². The summed E-state index contributed by atoms with van der Waals surface area (Å²) >= 11 is 0. The predicted octanol–water partition coefficient (Wildman–Crippen LogP) is 5.03. The molecular formula is C23H17FN2O3S. The van der Waals surface area contributed by atoms with Crippen LogP contribution in [0.2, 0.25) is 0 Å². The van der Waals surface area contributed by atoms with Crippen molar-refractivity contribution in [2.24, 2.45) is 0 Å². The van der Waals surface area contributed by atoms with Crippen molar-refractivity contribution in [1.29, 1.82) is 0 Å². The Kier molecular flexibility index (Phi) is 5.20. The van der Waals surface area contributed by atoms with Crippen LogP contribution in [0.4, 0.5) is 15.8 Å². The zero-order valence-corrected chi connectivity index (χ0v) is 16.5. The first-order valence-corrected chi connectivity index (χ1v) is 10.6. The van der Waals surface area contributed by atoms with Gasteiger partial charge in [-0.25, -0.2) is 12.8 Å². The molecule has 0 aliphatic rings. The summed E-state index contributed by atoms with van der Waals surface area (Å²) < 4.78 is 40.9. The van der Waals surface area contributed by atoms with E-state index in [4.69, 9.17) is 0 Å². The number of nitrogens with one attached hydrogen (secondary N) is 2. The van der Waals surface area contributed by atoms with Gasteiger partial charge in [-0.2, -0.15) is 0 Å². The maximum absolute atomic E-state index is 13.1. The highest BCUT2D eigenvalue weighted by Gasteiger charge is 2.18. The molecule has 150 valence electrons. The largest absolute Gasteiger partial charge is 0.320 e. The number of sulfonamides is 1. The van der Waals surface area contributed by atoms with E-state index in [2.05, 4.69) is 10.0 Å². The predicted molar refractivity (Wildman–Crippen MR) is 116 cm³/mol. The number of halogens is 1. The Balaban J connectivity index is 1.63. The summed E-state index contributed by atoms with van der Waals surface area (Å²) in [6, 6.07) is 23.9. The van der Waals surface area contributed by atoms with Crippen LogP contribution in [0.5, 0.6) is 0 Å². The van der Waals surface area contributed by atoms with E-state index in [0.717, 1.165) is 22.9 Å². The molecule has 0 aliphatic carbocycles. The van der Waals surface area contributed by atoms with Crippen LogP contribution in [0.15, 0.2) is 95.9 Å². The highest BCUT2D eigenvalue weighted by molar-refractivity contribution is 7.92. The number of carbonyl (C=O) groups excluding carboxylic acids is 1. The first kappa shape index (κ1) is 19.6. The number of carbonyl (C=O) groups is 1. The Labute approximate surface area is 173 Å². The van der Waals surface area contributed by atoms with Gasteiger partial charge in [-0.3, -0.25) is 9.52 Å². The van der Waals surface area contributed by atoms with Crippen molar-refractivity contribution in [3.05, 3.63) is 102 Å². The molecule has 0 radical (unpaired) electrons. The first-order valence-electron chi connectivity index (χ1n) is 9.10. The molecule has 2 N–H and O–H groups in total. The van der Waals surface area contributed by atoms with E-state index in [9.17, 15) is 17.6 Å². The minimum Gasteiger partial charge on any atom is -0.320 e. The normalized spacial score (nSPS) is 11.2. The van der Waals surface area contributed by atoms with Crippen molar-refractivity contribution in [1.82, 2.24) is 0 Å². The third-order valence-corrected chi connectivity index (χ3v) is 5.96. The van der Waals surface area contributed by atoms with Gasteiger partial charge in [-0.05, 0) is 53.2 Å². The van der Waals surface area contributed by atoms with Gasteiger partial charge >= 0.3 is 0 Å². The lowest BCUT2D eigenvalue weighted by atomic mass is 10.0. The summed E-state index contributed by atoms with van der Waals surface area (Å²) in [5, 5.41) is 4.50. The third kappa shape index (κ3) is 4.01. The maximum atomic E-state index is 13.1. The summed E-state index contributed by atoms with van der Waals surface area (Å²) in [5.41, 5.74) is 0.987. The zero-order valence-electron chi connectivity index (χ0n) is 15.7. The Bertz CT molecular complexity index is 1330. The van der Waals surface area contributed by atoms with Crippen LogP contribution in [-0.2, 0) is 10.0 Å². The molecule has 0 heterocycles. The minimum absolute atomic E-state index is 0.0842. The lowest BCUT2D eigenvalue weighted by molar-refractivity contribution is 0.102. The molecule has 30 heavy (non-hydrogen) atoms. The SMILES string of the molecule is O=C(Nc1ccccc1NS(=O)(=O)c1ccc(F)cc1)c1cccc2ccccc12. The molecule has 4 aromatic rings. The Morgan fingerprint density at radius 2 is 1.37 bits per heavy atom. The monoisotopic (exact) mass is 420 g/mol. The molecule has 0 saturated heterocycles. The van der Waals surface area contributed by atoms with Gasteiger partial charge in [-0.1, -0.05) is 48.5 Å². The number of anilines is 2. The molecule has 7 heteroatoms. The van der Waals surface area contributed by atoms with Crippen molar-refractivity contribution in [2.75, 3.05) is 10.0 Å². The second kappa shape index (κ2) is 7.96. The molecule has 4 aromatic carbocycles. The highest BCUT2D eigenvalue weighted by Crippen LogP contribution is 2.26. The molecule has 0 spiro atoms. The van der Waals surface area contributed by atoms with Gasteiger partial charge in [0, 0.05) is 5.56 Å². The average Bonchev–Trinajstić information content (AvgIpc) is 2.75. The average molecular weight is 420 g/mol. The number of para-hydroxylation sites is 2. The van der Waals surface area contributed by atoms with E-state index in [0.29, 0.717) is 11.3 Å². The number of amides is 1. The van der Waals surface area contributed by atoms with E-state index in [1.807, 2.05) is 30.3 Å². The van der Waals surface area contributed by atoms with Gasteiger partial charge in [0.1, 0.15) is 5.82 Å². The lowest BCUT2D eigenvalue weighted by Gasteiger charge is -2.14.